The lowest BCUT2D eigenvalue weighted by atomic mass is 9.89. The van der Waals surface area contributed by atoms with Crippen molar-refractivity contribution in [2.24, 2.45) is 0 Å². The maximum Gasteiger partial charge on any atom is 0.336 e. The van der Waals surface area contributed by atoms with Crippen LogP contribution in [0.2, 0.25) is 0 Å². The predicted molar refractivity (Wildman–Crippen MR) is 144 cm³/mol. The molecule has 3 aromatic carbocycles. The molecule has 0 aliphatic carbocycles. The highest BCUT2D eigenvalue weighted by Gasteiger charge is 2.32. The Kier molecular flexibility index (Phi) is 9.48. The number of carboxylic acids is 2. The van der Waals surface area contributed by atoms with Gasteiger partial charge < -0.3 is 10.2 Å². The van der Waals surface area contributed by atoms with Gasteiger partial charge in [-0.3, -0.25) is 20.2 Å². The zero-order valence-electron chi connectivity index (χ0n) is 20.4. The molecule has 2 unspecified atom stereocenters. The Balaban J connectivity index is 2.27. The molecule has 0 radical (unpaired) electrons. The van der Waals surface area contributed by atoms with Crippen molar-refractivity contribution in [3.8, 4) is 0 Å². The minimum atomic E-state index is -1.27. The summed E-state index contributed by atoms with van der Waals surface area (Å²) in [4.78, 5) is 47.5. The third-order valence-corrected chi connectivity index (χ3v) is 8.70. The quantitative estimate of drug-likeness (QED) is 0.131. The minimum absolute atomic E-state index is 0.121. The van der Waals surface area contributed by atoms with Crippen molar-refractivity contribution in [1.29, 1.82) is 0 Å². The van der Waals surface area contributed by atoms with Crippen LogP contribution in [0.25, 0.3) is 0 Å². The molecule has 0 heterocycles. The highest BCUT2D eigenvalue weighted by Crippen LogP contribution is 2.50. The van der Waals surface area contributed by atoms with Crippen LogP contribution >= 0.6 is 23.5 Å². The first-order chi connectivity index (χ1) is 18.1. The Morgan fingerprint density at radius 2 is 1.05 bits per heavy atom. The van der Waals surface area contributed by atoms with Crippen molar-refractivity contribution in [3.05, 3.63) is 103 Å². The first kappa shape index (κ1) is 28.7. The Hall–Kier alpha value is -3.90. The number of nitrogens with zero attached hydrogens (tertiary/aromatic N) is 2. The molecule has 38 heavy (non-hydrogen) atoms. The number of aromatic carboxylic acids is 2. The van der Waals surface area contributed by atoms with Crippen LogP contribution in [0.5, 0.6) is 0 Å². The van der Waals surface area contributed by atoms with Gasteiger partial charge in [-0.15, -0.1) is 23.5 Å². The summed E-state index contributed by atoms with van der Waals surface area (Å²) in [6, 6.07) is 14.6. The summed E-state index contributed by atoms with van der Waals surface area (Å²) >= 11 is 2.18. The summed E-state index contributed by atoms with van der Waals surface area (Å²) in [5.74, 6) is -2.55. The first-order valence-corrected chi connectivity index (χ1v) is 13.3. The lowest BCUT2D eigenvalue weighted by molar-refractivity contribution is -0.387. The molecule has 0 amide bonds. The number of nitro benzene ring substituents is 2. The lowest BCUT2D eigenvalue weighted by Crippen LogP contribution is -2.16. The number of thioether (sulfide) groups is 2. The third-order valence-electron chi connectivity index (χ3n) is 5.80. The standard InChI is InChI=1S/C26H24N2O8S2/c1-3-19(37-21-11-7-5-9-17(21)27(33)34)23-15(25(29)30)13-14-16(26(31)32)24(23)20(4-2)38-22-12-8-6-10-18(22)28(35)36/h5-14,19-20H,3-4H2,1-2H3,(H,29,30)(H,31,32). The van der Waals surface area contributed by atoms with Crippen molar-refractivity contribution < 1.29 is 29.6 Å². The minimum Gasteiger partial charge on any atom is -0.478 e. The van der Waals surface area contributed by atoms with E-state index in [4.69, 9.17) is 0 Å². The summed E-state index contributed by atoms with van der Waals surface area (Å²) in [6.07, 6.45) is 0.666. The summed E-state index contributed by atoms with van der Waals surface area (Å²) in [5, 5.41) is 42.1. The Morgan fingerprint density at radius 3 is 1.34 bits per heavy atom. The van der Waals surface area contributed by atoms with E-state index in [1.54, 1.807) is 38.1 Å². The lowest BCUT2D eigenvalue weighted by Gasteiger charge is -2.27. The largest absolute Gasteiger partial charge is 0.478 e. The molecule has 0 fully saturated rings. The van der Waals surface area contributed by atoms with Gasteiger partial charge in [0.15, 0.2) is 0 Å². The molecule has 0 saturated carbocycles. The summed E-state index contributed by atoms with van der Waals surface area (Å²) in [6.45, 7) is 3.57. The number of rotatable bonds is 12. The molecule has 2 atom stereocenters. The van der Waals surface area contributed by atoms with Gasteiger partial charge in [-0.2, -0.15) is 0 Å². The van der Waals surface area contributed by atoms with E-state index in [2.05, 4.69) is 0 Å². The molecular weight excluding hydrogens is 532 g/mol. The van der Waals surface area contributed by atoms with E-state index < -0.39 is 32.3 Å². The van der Waals surface area contributed by atoms with Crippen molar-refractivity contribution in [2.75, 3.05) is 0 Å². The molecule has 3 aromatic rings. The summed E-state index contributed by atoms with van der Waals surface area (Å²) < 4.78 is 0. The fraction of sp³-hybridized carbons (Fsp3) is 0.231. The fourth-order valence-electron chi connectivity index (χ4n) is 4.12. The van der Waals surface area contributed by atoms with Crippen molar-refractivity contribution in [2.45, 2.75) is 47.0 Å². The fourth-order valence-corrected chi connectivity index (χ4v) is 6.65. The van der Waals surface area contributed by atoms with E-state index in [-0.39, 0.29) is 33.6 Å². The van der Waals surface area contributed by atoms with Gasteiger partial charge >= 0.3 is 11.9 Å². The molecule has 0 spiro atoms. The molecule has 2 N–H and O–H groups in total. The second-order valence-corrected chi connectivity index (χ2v) is 10.6. The number of nitro groups is 2. The maximum atomic E-state index is 12.4. The number of hydrogen-bond donors (Lipinski definition) is 2. The van der Waals surface area contributed by atoms with Gasteiger partial charge in [-0.1, -0.05) is 38.1 Å². The SMILES string of the molecule is CCC(Sc1ccccc1[N+](=O)[O-])c1c(C(=O)O)ccc(C(=O)O)c1C(CC)Sc1ccccc1[N+](=O)[O-]. The van der Waals surface area contributed by atoms with E-state index in [0.717, 1.165) is 23.5 Å². The van der Waals surface area contributed by atoms with E-state index in [0.29, 0.717) is 22.6 Å². The Labute approximate surface area is 226 Å². The van der Waals surface area contributed by atoms with E-state index >= 15 is 0 Å². The van der Waals surface area contributed by atoms with E-state index in [9.17, 15) is 40.0 Å². The van der Waals surface area contributed by atoms with E-state index in [1.807, 2.05) is 0 Å². The molecular formula is C26H24N2O8S2. The molecule has 198 valence electrons. The first-order valence-electron chi connectivity index (χ1n) is 11.5. The average Bonchev–Trinajstić information content (AvgIpc) is 2.89. The monoisotopic (exact) mass is 556 g/mol. The highest BCUT2D eigenvalue weighted by atomic mass is 32.2. The highest BCUT2D eigenvalue weighted by molar-refractivity contribution is 8.00. The van der Waals surface area contributed by atoms with Crippen molar-refractivity contribution in [3.63, 3.8) is 0 Å². The van der Waals surface area contributed by atoms with Crippen LogP contribution < -0.4 is 0 Å². The number of para-hydroxylation sites is 2. The number of carbonyl (C=O) groups is 2. The second-order valence-electron chi connectivity index (χ2n) is 8.08. The van der Waals surface area contributed by atoms with Crippen molar-refractivity contribution in [1.82, 2.24) is 0 Å². The van der Waals surface area contributed by atoms with Gasteiger partial charge in [-0.25, -0.2) is 9.59 Å². The smallest absolute Gasteiger partial charge is 0.336 e. The van der Waals surface area contributed by atoms with Crippen LogP contribution in [-0.2, 0) is 0 Å². The molecule has 0 bridgehead atoms. The summed E-state index contributed by atoms with van der Waals surface area (Å²) in [7, 11) is 0. The zero-order valence-corrected chi connectivity index (χ0v) is 22.0. The molecule has 0 saturated heterocycles. The topological polar surface area (TPSA) is 161 Å². The number of carboxylic acid groups (broad SMARTS) is 2. The van der Waals surface area contributed by atoms with Crippen LogP contribution in [0, 0.1) is 20.2 Å². The van der Waals surface area contributed by atoms with Crippen molar-refractivity contribution >= 4 is 46.8 Å². The van der Waals surface area contributed by atoms with Gasteiger partial charge in [-0.05, 0) is 48.2 Å². The zero-order chi connectivity index (χ0) is 28.0. The maximum absolute atomic E-state index is 12.4. The van der Waals surface area contributed by atoms with Gasteiger partial charge in [0.2, 0.25) is 0 Å². The molecule has 0 aliphatic heterocycles. The molecule has 0 aliphatic rings. The van der Waals surface area contributed by atoms with Gasteiger partial charge in [0, 0.05) is 22.6 Å². The molecule has 10 nitrogen and oxygen atoms in total. The molecule has 0 aromatic heterocycles. The third kappa shape index (κ3) is 6.14. The van der Waals surface area contributed by atoms with Crippen LogP contribution in [0.3, 0.4) is 0 Å². The average molecular weight is 557 g/mol. The molecule has 12 heteroatoms. The number of benzene rings is 3. The Bertz CT molecular complexity index is 1290. The van der Waals surface area contributed by atoms with E-state index in [1.165, 1.54) is 36.4 Å². The van der Waals surface area contributed by atoms with Gasteiger partial charge in [0.1, 0.15) is 0 Å². The van der Waals surface area contributed by atoms with Crippen LogP contribution in [0.4, 0.5) is 11.4 Å². The summed E-state index contributed by atoms with van der Waals surface area (Å²) in [5.41, 5.74) is -0.0637. The van der Waals surface area contributed by atoms with Crippen LogP contribution in [0.15, 0.2) is 70.5 Å². The number of hydrogen-bond acceptors (Lipinski definition) is 8. The molecule has 3 rings (SSSR count). The van der Waals surface area contributed by atoms with Crippen LogP contribution in [-0.4, -0.2) is 32.0 Å². The Morgan fingerprint density at radius 1 is 0.711 bits per heavy atom. The van der Waals surface area contributed by atoms with Gasteiger partial charge in [0.05, 0.1) is 30.8 Å². The van der Waals surface area contributed by atoms with Gasteiger partial charge in [0.25, 0.3) is 11.4 Å². The van der Waals surface area contributed by atoms with Crippen LogP contribution in [0.1, 0.15) is 69.0 Å². The second kappa shape index (κ2) is 12.6. The normalized spacial score (nSPS) is 12.5. The predicted octanol–water partition coefficient (Wildman–Crippen LogP) is 7.39.